The maximum Gasteiger partial charge on any atom is 0.229 e. The molecule has 3 heteroatoms. The van der Waals surface area contributed by atoms with Gasteiger partial charge >= 0.3 is 0 Å². The zero-order chi connectivity index (χ0) is 13.1. The smallest absolute Gasteiger partial charge is 0.229 e. The van der Waals surface area contributed by atoms with E-state index in [0.29, 0.717) is 6.54 Å². The lowest BCUT2D eigenvalue weighted by Crippen LogP contribution is -2.41. The van der Waals surface area contributed by atoms with Crippen LogP contribution >= 0.6 is 0 Å². The molecule has 1 atom stereocenters. The molecular weight excluding hydrogens is 214 g/mol. The summed E-state index contributed by atoms with van der Waals surface area (Å²) in [7, 11) is 1.72. The first kappa shape index (κ1) is 13.7. The summed E-state index contributed by atoms with van der Waals surface area (Å²) in [6.07, 6.45) is 0. The van der Waals surface area contributed by atoms with E-state index < -0.39 is 5.60 Å². The lowest BCUT2D eigenvalue weighted by atomic mass is 9.99. The lowest BCUT2D eigenvalue weighted by Gasteiger charge is -2.27. The molecule has 0 radical (unpaired) electrons. The second-order valence-corrected chi connectivity index (χ2v) is 5.14. The number of hydrogen-bond acceptors (Lipinski definition) is 2. The largest absolute Gasteiger partial charge is 0.389 e. The van der Waals surface area contributed by atoms with E-state index in [1.54, 1.807) is 25.8 Å². The maximum atomic E-state index is 12.1. The number of aliphatic hydroxyl groups is 1. The van der Waals surface area contributed by atoms with Gasteiger partial charge in [-0.2, -0.15) is 0 Å². The SMILES string of the molecule is CC(C(=O)N(C)CC(C)(C)O)c1ccccc1. The van der Waals surface area contributed by atoms with Crippen molar-refractivity contribution >= 4 is 5.91 Å². The molecule has 0 aliphatic carbocycles. The van der Waals surface area contributed by atoms with E-state index >= 15 is 0 Å². The molecule has 1 rings (SSSR count). The Bertz CT molecular complexity index is 368. The first-order valence-electron chi connectivity index (χ1n) is 5.83. The molecule has 0 bridgehead atoms. The molecule has 1 amide bonds. The summed E-state index contributed by atoms with van der Waals surface area (Å²) >= 11 is 0. The average molecular weight is 235 g/mol. The molecule has 0 spiro atoms. The van der Waals surface area contributed by atoms with Gasteiger partial charge < -0.3 is 10.0 Å². The molecule has 0 aliphatic heterocycles. The molecule has 0 fully saturated rings. The van der Waals surface area contributed by atoms with Crippen molar-refractivity contribution in [3.63, 3.8) is 0 Å². The minimum absolute atomic E-state index is 0.0262. The highest BCUT2D eigenvalue weighted by molar-refractivity contribution is 5.83. The molecule has 0 saturated carbocycles. The van der Waals surface area contributed by atoms with E-state index in [1.807, 2.05) is 37.3 Å². The molecule has 1 N–H and O–H groups in total. The molecule has 1 unspecified atom stereocenters. The van der Waals surface area contributed by atoms with Crippen LogP contribution in [-0.2, 0) is 4.79 Å². The van der Waals surface area contributed by atoms with Crippen LogP contribution in [0, 0.1) is 0 Å². The topological polar surface area (TPSA) is 40.5 Å². The first-order chi connectivity index (χ1) is 7.81. The molecule has 0 aliphatic rings. The van der Waals surface area contributed by atoms with E-state index in [4.69, 9.17) is 0 Å². The van der Waals surface area contributed by atoms with Crippen LogP contribution in [0.25, 0.3) is 0 Å². The molecule has 1 aromatic carbocycles. The quantitative estimate of drug-likeness (QED) is 0.867. The zero-order valence-corrected chi connectivity index (χ0v) is 11.0. The molecule has 3 nitrogen and oxygen atoms in total. The van der Waals surface area contributed by atoms with Gasteiger partial charge in [-0.25, -0.2) is 0 Å². The second-order valence-electron chi connectivity index (χ2n) is 5.14. The summed E-state index contributed by atoms with van der Waals surface area (Å²) < 4.78 is 0. The fourth-order valence-electron chi connectivity index (χ4n) is 1.87. The Balaban J connectivity index is 2.71. The van der Waals surface area contributed by atoms with E-state index in [0.717, 1.165) is 5.56 Å². The minimum atomic E-state index is -0.860. The lowest BCUT2D eigenvalue weighted by molar-refractivity contribution is -0.133. The van der Waals surface area contributed by atoms with Crippen molar-refractivity contribution in [1.29, 1.82) is 0 Å². The number of nitrogens with zero attached hydrogens (tertiary/aromatic N) is 1. The molecule has 0 aromatic heterocycles. The van der Waals surface area contributed by atoms with Crippen LogP contribution in [0.2, 0.25) is 0 Å². The number of benzene rings is 1. The first-order valence-corrected chi connectivity index (χ1v) is 5.83. The maximum absolute atomic E-state index is 12.1. The van der Waals surface area contributed by atoms with Gasteiger partial charge in [-0.15, -0.1) is 0 Å². The van der Waals surface area contributed by atoms with Crippen LogP contribution in [0.5, 0.6) is 0 Å². The number of amides is 1. The van der Waals surface area contributed by atoms with Crippen molar-refractivity contribution in [2.45, 2.75) is 32.3 Å². The molecule has 1 aromatic rings. The fourth-order valence-corrected chi connectivity index (χ4v) is 1.87. The predicted molar refractivity (Wildman–Crippen MR) is 68.8 cm³/mol. The Morgan fingerprint density at radius 2 is 1.88 bits per heavy atom. The van der Waals surface area contributed by atoms with Crippen LogP contribution < -0.4 is 0 Å². The van der Waals surface area contributed by atoms with Gasteiger partial charge in [0.25, 0.3) is 0 Å². The van der Waals surface area contributed by atoms with Crippen molar-refractivity contribution in [2.24, 2.45) is 0 Å². The van der Waals surface area contributed by atoms with Crippen molar-refractivity contribution < 1.29 is 9.90 Å². The summed E-state index contributed by atoms with van der Waals surface area (Å²) in [5.41, 5.74) is 0.140. The molecule has 0 heterocycles. The Kier molecular flexibility index (Phi) is 4.29. The van der Waals surface area contributed by atoms with Crippen LogP contribution in [-0.4, -0.2) is 35.1 Å². The van der Waals surface area contributed by atoms with Crippen molar-refractivity contribution in [3.8, 4) is 0 Å². The van der Waals surface area contributed by atoms with Crippen LogP contribution in [0.3, 0.4) is 0 Å². The fraction of sp³-hybridized carbons (Fsp3) is 0.500. The van der Waals surface area contributed by atoms with Gasteiger partial charge in [0.2, 0.25) is 5.91 Å². The van der Waals surface area contributed by atoms with Gasteiger partial charge in [0.15, 0.2) is 0 Å². The third-order valence-electron chi connectivity index (χ3n) is 2.67. The van der Waals surface area contributed by atoms with Gasteiger partial charge in [-0.1, -0.05) is 30.3 Å². The third kappa shape index (κ3) is 4.19. The summed E-state index contributed by atoms with van der Waals surface area (Å²) in [5.74, 6) is -0.151. The van der Waals surface area contributed by atoms with Crippen molar-refractivity contribution in [1.82, 2.24) is 4.90 Å². The average Bonchev–Trinajstić information content (AvgIpc) is 2.26. The number of carbonyl (C=O) groups is 1. The molecular formula is C14H21NO2. The number of carbonyl (C=O) groups excluding carboxylic acids is 1. The Hall–Kier alpha value is -1.35. The van der Waals surface area contributed by atoms with Crippen molar-refractivity contribution in [2.75, 3.05) is 13.6 Å². The number of likely N-dealkylation sites (N-methyl/N-ethyl adjacent to an activating group) is 1. The van der Waals surface area contributed by atoms with Gasteiger partial charge in [0.05, 0.1) is 11.5 Å². The number of rotatable bonds is 4. The van der Waals surface area contributed by atoms with Gasteiger partial charge in [0.1, 0.15) is 0 Å². The predicted octanol–water partition coefficient (Wildman–Crippen LogP) is 2.02. The van der Waals surface area contributed by atoms with Crippen LogP contribution in [0.15, 0.2) is 30.3 Å². The standard InChI is InChI=1S/C14H21NO2/c1-11(12-8-6-5-7-9-12)13(16)15(4)10-14(2,3)17/h5-9,11,17H,10H2,1-4H3. The highest BCUT2D eigenvalue weighted by Crippen LogP contribution is 2.18. The summed E-state index contributed by atoms with van der Waals surface area (Å²) in [4.78, 5) is 13.7. The van der Waals surface area contributed by atoms with Crippen molar-refractivity contribution in [3.05, 3.63) is 35.9 Å². The Morgan fingerprint density at radius 3 is 2.35 bits per heavy atom. The summed E-state index contributed by atoms with van der Waals surface area (Å²) in [5, 5.41) is 9.70. The monoisotopic (exact) mass is 235 g/mol. The highest BCUT2D eigenvalue weighted by atomic mass is 16.3. The van der Waals surface area contributed by atoms with E-state index in [1.165, 1.54) is 0 Å². The summed E-state index contributed by atoms with van der Waals surface area (Å²) in [6.45, 7) is 5.62. The number of hydrogen-bond donors (Lipinski definition) is 1. The summed E-state index contributed by atoms with van der Waals surface area (Å²) in [6, 6.07) is 9.67. The molecule has 0 saturated heterocycles. The Labute approximate surface area is 103 Å². The second kappa shape index (κ2) is 5.32. The minimum Gasteiger partial charge on any atom is -0.389 e. The zero-order valence-electron chi connectivity index (χ0n) is 11.0. The van der Waals surface area contributed by atoms with Gasteiger partial charge in [0, 0.05) is 13.6 Å². The van der Waals surface area contributed by atoms with Gasteiger partial charge in [-0.3, -0.25) is 4.79 Å². The molecule has 94 valence electrons. The molecule has 17 heavy (non-hydrogen) atoms. The highest BCUT2D eigenvalue weighted by Gasteiger charge is 2.23. The Morgan fingerprint density at radius 1 is 1.35 bits per heavy atom. The third-order valence-corrected chi connectivity index (χ3v) is 2.67. The van der Waals surface area contributed by atoms with E-state index in [-0.39, 0.29) is 11.8 Å². The normalized spacial score (nSPS) is 13.2. The van der Waals surface area contributed by atoms with E-state index in [2.05, 4.69) is 0 Å². The van der Waals surface area contributed by atoms with E-state index in [9.17, 15) is 9.90 Å². The van der Waals surface area contributed by atoms with Crippen LogP contribution in [0.1, 0.15) is 32.3 Å². The van der Waals surface area contributed by atoms with Gasteiger partial charge in [-0.05, 0) is 26.3 Å². The van der Waals surface area contributed by atoms with Crippen LogP contribution in [0.4, 0.5) is 0 Å².